The molecule has 1 aromatic carbocycles. The average Bonchev–Trinajstić information content (AvgIpc) is 2.43. The van der Waals surface area contributed by atoms with Crippen molar-refractivity contribution in [2.45, 2.75) is 51.7 Å². The monoisotopic (exact) mass is 292 g/mol. The lowest BCUT2D eigenvalue weighted by atomic mass is 9.85. The van der Waals surface area contributed by atoms with E-state index in [0.717, 1.165) is 12.1 Å². The number of benzene rings is 1. The van der Waals surface area contributed by atoms with Crippen molar-refractivity contribution in [3.05, 3.63) is 35.9 Å². The number of carbonyl (C=O) groups is 1. The minimum absolute atomic E-state index is 0.0886. The van der Waals surface area contributed by atoms with Gasteiger partial charge >= 0.3 is 5.97 Å². The zero-order chi connectivity index (χ0) is 16.0. The number of carboxylic acids is 1. The van der Waals surface area contributed by atoms with Crippen LogP contribution in [0.5, 0.6) is 0 Å². The molecule has 1 atom stereocenters. The molecule has 1 aromatic rings. The van der Waals surface area contributed by atoms with Gasteiger partial charge in [0, 0.05) is 18.6 Å². The predicted molar refractivity (Wildman–Crippen MR) is 86.4 cm³/mol. The first-order chi connectivity index (χ1) is 9.79. The van der Waals surface area contributed by atoms with Gasteiger partial charge in [-0.2, -0.15) is 0 Å². The van der Waals surface area contributed by atoms with Crippen molar-refractivity contribution in [1.82, 2.24) is 10.2 Å². The highest BCUT2D eigenvalue weighted by molar-refractivity contribution is 5.80. The molecule has 0 saturated heterocycles. The highest BCUT2D eigenvalue weighted by Gasteiger charge is 2.40. The molecule has 0 bridgehead atoms. The Bertz CT molecular complexity index is 445. The normalized spacial score (nSPS) is 14.7. The van der Waals surface area contributed by atoms with Gasteiger partial charge in [0.05, 0.1) is 0 Å². The molecule has 0 aliphatic rings. The second-order valence-corrected chi connectivity index (χ2v) is 6.20. The van der Waals surface area contributed by atoms with E-state index in [1.807, 2.05) is 51.2 Å². The van der Waals surface area contributed by atoms with Crippen LogP contribution in [-0.2, 0) is 10.3 Å². The van der Waals surface area contributed by atoms with E-state index in [0.29, 0.717) is 12.5 Å². The van der Waals surface area contributed by atoms with Gasteiger partial charge in [-0.25, -0.2) is 4.79 Å². The first-order valence-electron chi connectivity index (χ1n) is 7.56. The molecule has 0 aliphatic heterocycles. The largest absolute Gasteiger partial charge is 0.480 e. The van der Waals surface area contributed by atoms with Crippen molar-refractivity contribution >= 4 is 5.97 Å². The summed E-state index contributed by atoms with van der Waals surface area (Å²) in [6.07, 6.45) is 0.527. The number of hydrogen-bond acceptors (Lipinski definition) is 3. The Hall–Kier alpha value is -1.39. The van der Waals surface area contributed by atoms with Crippen LogP contribution in [0.4, 0.5) is 0 Å². The Morgan fingerprint density at radius 2 is 1.81 bits per heavy atom. The minimum Gasteiger partial charge on any atom is -0.480 e. The molecule has 4 heteroatoms. The van der Waals surface area contributed by atoms with E-state index < -0.39 is 11.5 Å². The molecule has 0 heterocycles. The summed E-state index contributed by atoms with van der Waals surface area (Å²) in [5.74, 6) is -0.820. The Balaban J connectivity index is 3.11. The summed E-state index contributed by atoms with van der Waals surface area (Å²) >= 11 is 0. The molecule has 0 aromatic heterocycles. The van der Waals surface area contributed by atoms with Crippen LogP contribution in [0.25, 0.3) is 0 Å². The summed E-state index contributed by atoms with van der Waals surface area (Å²) in [6, 6.07) is 9.95. The summed E-state index contributed by atoms with van der Waals surface area (Å²) < 4.78 is 0. The lowest BCUT2D eigenvalue weighted by Crippen LogP contribution is -2.53. The lowest BCUT2D eigenvalue weighted by molar-refractivity contribution is -0.146. The topological polar surface area (TPSA) is 52.6 Å². The Labute approximate surface area is 128 Å². The maximum absolute atomic E-state index is 12.1. The molecule has 0 amide bonds. The van der Waals surface area contributed by atoms with Crippen molar-refractivity contribution < 1.29 is 9.90 Å². The molecular weight excluding hydrogens is 264 g/mol. The number of carboxylic acid groups (broad SMARTS) is 1. The third-order valence-electron chi connectivity index (χ3n) is 3.89. The minimum atomic E-state index is -1.04. The van der Waals surface area contributed by atoms with E-state index in [9.17, 15) is 9.90 Å². The van der Waals surface area contributed by atoms with Gasteiger partial charge in [-0.1, -0.05) is 30.3 Å². The summed E-state index contributed by atoms with van der Waals surface area (Å²) in [7, 11) is 2.03. The van der Waals surface area contributed by atoms with Gasteiger partial charge in [0.15, 0.2) is 0 Å². The van der Waals surface area contributed by atoms with Gasteiger partial charge < -0.3 is 10.0 Å². The number of nitrogens with one attached hydrogen (secondary N) is 1. The number of rotatable bonds is 8. The van der Waals surface area contributed by atoms with Crippen molar-refractivity contribution in [2.75, 3.05) is 13.6 Å². The van der Waals surface area contributed by atoms with E-state index in [1.54, 1.807) is 0 Å². The molecule has 4 nitrogen and oxygen atoms in total. The average molecular weight is 292 g/mol. The van der Waals surface area contributed by atoms with Crippen LogP contribution >= 0.6 is 0 Å². The Kier molecular flexibility index (Phi) is 6.37. The van der Waals surface area contributed by atoms with Gasteiger partial charge in [-0.05, 0) is 46.7 Å². The summed E-state index contributed by atoms with van der Waals surface area (Å²) in [6.45, 7) is 8.90. The summed E-state index contributed by atoms with van der Waals surface area (Å²) in [5, 5.41) is 13.2. The molecule has 0 spiro atoms. The third kappa shape index (κ3) is 4.55. The quantitative estimate of drug-likeness (QED) is 0.773. The lowest BCUT2D eigenvalue weighted by Gasteiger charge is -2.35. The molecule has 0 radical (unpaired) electrons. The van der Waals surface area contributed by atoms with E-state index in [1.165, 1.54) is 0 Å². The molecule has 0 aliphatic carbocycles. The van der Waals surface area contributed by atoms with Gasteiger partial charge in [-0.3, -0.25) is 5.32 Å². The van der Waals surface area contributed by atoms with Crippen LogP contribution in [0, 0.1) is 0 Å². The molecule has 21 heavy (non-hydrogen) atoms. The van der Waals surface area contributed by atoms with Crippen LogP contribution < -0.4 is 5.32 Å². The fourth-order valence-corrected chi connectivity index (χ4v) is 2.41. The van der Waals surface area contributed by atoms with Crippen molar-refractivity contribution in [1.29, 1.82) is 0 Å². The van der Waals surface area contributed by atoms with Crippen molar-refractivity contribution in [3.8, 4) is 0 Å². The standard InChI is InChI=1S/C17H28N2O2/c1-13(2)18-17(16(20)21,11-12-19(5)14(3)4)15-9-7-6-8-10-15/h6-10,13-14,18H,11-12H2,1-5H3,(H,20,21). The number of aliphatic carboxylic acids is 1. The Morgan fingerprint density at radius 1 is 1.24 bits per heavy atom. The highest BCUT2D eigenvalue weighted by atomic mass is 16.4. The molecule has 1 rings (SSSR count). The number of nitrogens with zero attached hydrogens (tertiary/aromatic N) is 1. The SMILES string of the molecule is CC(C)NC(CCN(C)C(C)C)(C(=O)O)c1ccccc1. The second-order valence-electron chi connectivity index (χ2n) is 6.20. The van der Waals surface area contributed by atoms with Gasteiger partial charge in [0.1, 0.15) is 5.54 Å². The van der Waals surface area contributed by atoms with Crippen LogP contribution in [-0.4, -0.2) is 41.7 Å². The van der Waals surface area contributed by atoms with Crippen molar-refractivity contribution in [2.24, 2.45) is 0 Å². The summed E-state index contributed by atoms with van der Waals surface area (Å²) in [4.78, 5) is 14.2. The molecule has 1 unspecified atom stereocenters. The third-order valence-corrected chi connectivity index (χ3v) is 3.89. The Morgan fingerprint density at radius 3 is 2.24 bits per heavy atom. The fraction of sp³-hybridized carbons (Fsp3) is 0.588. The maximum Gasteiger partial charge on any atom is 0.328 e. The zero-order valence-corrected chi connectivity index (χ0v) is 13.8. The van der Waals surface area contributed by atoms with Crippen LogP contribution in [0.3, 0.4) is 0 Å². The zero-order valence-electron chi connectivity index (χ0n) is 13.8. The van der Waals surface area contributed by atoms with Gasteiger partial charge in [0.2, 0.25) is 0 Å². The van der Waals surface area contributed by atoms with E-state index in [4.69, 9.17) is 0 Å². The van der Waals surface area contributed by atoms with E-state index in [2.05, 4.69) is 24.1 Å². The molecular formula is C17H28N2O2. The van der Waals surface area contributed by atoms with Gasteiger partial charge in [0.25, 0.3) is 0 Å². The highest BCUT2D eigenvalue weighted by Crippen LogP contribution is 2.27. The number of hydrogen-bond donors (Lipinski definition) is 2. The molecule has 2 N–H and O–H groups in total. The first kappa shape index (κ1) is 17.7. The van der Waals surface area contributed by atoms with Gasteiger partial charge in [-0.15, -0.1) is 0 Å². The maximum atomic E-state index is 12.1. The molecule has 0 saturated carbocycles. The molecule has 0 fully saturated rings. The smallest absolute Gasteiger partial charge is 0.328 e. The van der Waals surface area contributed by atoms with Crippen LogP contribution in [0.1, 0.15) is 39.7 Å². The second kappa shape index (κ2) is 7.57. The van der Waals surface area contributed by atoms with Crippen LogP contribution in [0.15, 0.2) is 30.3 Å². The first-order valence-corrected chi connectivity index (χ1v) is 7.56. The fourth-order valence-electron chi connectivity index (χ4n) is 2.41. The van der Waals surface area contributed by atoms with E-state index in [-0.39, 0.29) is 6.04 Å². The molecule has 118 valence electrons. The van der Waals surface area contributed by atoms with E-state index >= 15 is 0 Å². The summed E-state index contributed by atoms with van der Waals surface area (Å²) in [5.41, 5.74) is -0.234. The predicted octanol–water partition coefficient (Wildman–Crippen LogP) is 2.69. The van der Waals surface area contributed by atoms with Crippen molar-refractivity contribution in [3.63, 3.8) is 0 Å². The van der Waals surface area contributed by atoms with Crippen LogP contribution in [0.2, 0.25) is 0 Å².